The first-order valence-electron chi connectivity index (χ1n) is 9.83. The zero-order valence-electron chi connectivity index (χ0n) is 16.3. The van der Waals surface area contributed by atoms with Gasteiger partial charge in [-0.3, -0.25) is 0 Å². The third kappa shape index (κ3) is 5.46. The number of nitrogens with zero attached hydrogens (tertiary/aromatic N) is 1. The molecule has 0 spiro atoms. The molecule has 0 aromatic heterocycles. The first-order chi connectivity index (χ1) is 13.1. The van der Waals surface area contributed by atoms with Crippen molar-refractivity contribution in [3.8, 4) is 0 Å². The van der Waals surface area contributed by atoms with Crippen LogP contribution in [-0.2, 0) is 11.3 Å². The molecule has 1 amide bonds. The maximum atomic E-state index is 12.7. The quantitative estimate of drug-likeness (QED) is 0.646. The normalized spacial score (nSPS) is 22.5. The van der Waals surface area contributed by atoms with Gasteiger partial charge in [0.05, 0.1) is 0 Å². The van der Waals surface area contributed by atoms with Gasteiger partial charge in [0.15, 0.2) is 0 Å². The van der Waals surface area contributed by atoms with Crippen LogP contribution in [0.2, 0.25) is 0 Å². The highest BCUT2D eigenvalue weighted by atomic mass is 16.6. The van der Waals surface area contributed by atoms with Crippen LogP contribution in [0.15, 0.2) is 77.9 Å². The SMILES string of the molecule is C/C(=C\C1=CC=CCC=C1)CC1CCC(C)N1C(=O)OCc1ccccc1. The van der Waals surface area contributed by atoms with Crippen molar-refractivity contribution in [2.24, 2.45) is 0 Å². The van der Waals surface area contributed by atoms with E-state index in [1.807, 2.05) is 35.2 Å². The van der Waals surface area contributed by atoms with Gasteiger partial charge >= 0.3 is 6.09 Å². The van der Waals surface area contributed by atoms with Crippen molar-refractivity contribution in [2.75, 3.05) is 0 Å². The number of amides is 1. The summed E-state index contributed by atoms with van der Waals surface area (Å²) in [7, 11) is 0. The molecule has 0 radical (unpaired) electrons. The Morgan fingerprint density at radius 2 is 2.04 bits per heavy atom. The molecule has 1 aliphatic carbocycles. The molecule has 3 rings (SSSR count). The Bertz CT molecular complexity index is 758. The van der Waals surface area contributed by atoms with Crippen LogP contribution in [0, 0.1) is 0 Å². The van der Waals surface area contributed by atoms with E-state index < -0.39 is 0 Å². The summed E-state index contributed by atoms with van der Waals surface area (Å²) < 4.78 is 5.60. The van der Waals surface area contributed by atoms with Gasteiger partial charge in [-0.25, -0.2) is 4.79 Å². The van der Waals surface area contributed by atoms with Gasteiger partial charge in [0, 0.05) is 12.1 Å². The Morgan fingerprint density at radius 1 is 1.22 bits per heavy atom. The molecule has 2 aliphatic rings. The highest BCUT2D eigenvalue weighted by molar-refractivity contribution is 5.69. The molecular formula is C24H29NO2. The molecule has 1 fully saturated rings. The third-order valence-electron chi connectivity index (χ3n) is 5.18. The molecule has 2 atom stereocenters. The second-order valence-corrected chi connectivity index (χ2v) is 7.46. The number of hydrogen-bond donors (Lipinski definition) is 0. The summed E-state index contributed by atoms with van der Waals surface area (Å²) in [6.45, 7) is 4.60. The number of hydrogen-bond acceptors (Lipinski definition) is 2. The van der Waals surface area contributed by atoms with Crippen LogP contribution in [0.4, 0.5) is 4.79 Å². The first kappa shape index (κ1) is 19.2. The zero-order chi connectivity index (χ0) is 19.1. The Hall–Kier alpha value is -2.55. The summed E-state index contributed by atoms with van der Waals surface area (Å²) in [6, 6.07) is 10.3. The molecule has 1 aliphatic heterocycles. The fraction of sp³-hybridized carbons (Fsp3) is 0.375. The average molecular weight is 364 g/mol. The fourth-order valence-electron chi connectivity index (χ4n) is 3.80. The Kier molecular flexibility index (Phi) is 6.69. The van der Waals surface area contributed by atoms with Crippen molar-refractivity contribution in [1.29, 1.82) is 0 Å². The minimum absolute atomic E-state index is 0.196. The third-order valence-corrected chi connectivity index (χ3v) is 5.18. The number of rotatable bonds is 5. The molecule has 0 bridgehead atoms. The summed E-state index contributed by atoms with van der Waals surface area (Å²) in [5, 5.41) is 0. The first-order valence-corrected chi connectivity index (χ1v) is 9.83. The van der Waals surface area contributed by atoms with Gasteiger partial charge in [0.1, 0.15) is 6.61 Å². The molecule has 1 saturated heterocycles. The molecule has 2 unspecified atom stereocenters. The van der Waals surface area contributed by atoms with Crippen LogP contribution in [-0.4, -0.2) is 23.1 Å². The molecule has 1 heterocycles. The number of benzene rings is 1. The van der Waals surface area contributed by atoms with Gasteiger partial charge in [-0.05, 0) is 50.7 Å². The monoisotopic (exact) mass is 363 g/mol. The maximum absolute atomic E-state index is 12.7. The molecular weight excluding hydrogens is 334 g/mol. The van der Waals surface area contributed by atoms with Crippen LogP contribution in [0.25, 0.3) is 0 Å². The summed E-state index contributed by atoms with van der Waals surface area (Å²) in [5.74, 6) is 0. The van der Waals surface area contributed by atoms with E-state index in [-0.39, 0.29) is 18.2 Å². The lowest BCUT2D eigenvalue weighted by Gasteiger charge is -2.28. The van der Waals surface area contributed by atoms with Crippen molar-refractivity contribution in [1.82, 2.24) is 4.90 Å². The fourth-order valence-corrected chi connectivity index (χ4v) is 3.80. The zero-order valence-corrected chi connectivity index (χ0v) is 16.3. The summed E-state index contributed by atoms with van der Waals surface area (Å²) >= 11 is 0. The Balaban J connectivity index is 1.61. The highest BCUT2D eigenvalue weighted by Crippen LogP contribution is 2.29. The van der Waals surface area contributed by atoms with E-state index in [9.17, 15) is 4.79 Å². The molecule has 0 saturated carbocycles. The largest absolute Gasteiger partial charge is 0.445 e. The Morgan fingerprint density at radius 3 is 2.85 bits per heavy atom. The van der Waals surface area contributed by atoms with E-state index in [0.717, 1.165) is 31.2 Å². The lowest BCUT2D eigenvalue weighted by atomic mass is 10.0. The van der Waals surface area contributed by atoms with Crippen molar-refractivity contribution in [2.45, 2.75) is 58.2 Å². The molecule has 1 aromatic carbocycles. The Labute approximate surface area is 162 Å². The second kappa shape index (κ2) is 9.40. The van der Waals surface area contributed by atoms with Gasteiger partial charge in [-0.2, -0.15) is 0 Å². The predicted octanol–water partition coefficient (Wildman–Crippen LogP) is 5.96. The molecule has 0 N–H and O–H groups in total. The number of carbonyl (C=O) groups excluding carboxylic acids is 1. The highest BCUT2D eigenvalue weighted by Gasteiger charge is 2.35. The number of likely N-dealkylation sites (tertiary alicyclic amines) is 1. The van der Waals surface area contributed by atoms with Gasteiger partial charge in [0.25, 0.3) is 0 Å². The van der Waals surface area contributed by atoms with Crippen LogP contribution in [0.1, 0.15) is 45.1 Å². The minimum Gasteiger partial charge on any atom is -0.445 e. The maximum Gasteiger partial charge on any atom is 0.410 e. The van der Waals surface area contributed by atoms with Crippen LogP contribution < -0.4 is 0 Å². The average Bonchev–Trinajstić information content (AvgIpc) is 2.86. The van der Waals surface area contributed by atoms with Crippen LogP contribution >= 0.6 is 0 Å². The van der Waals surface area contributed by atoms with Gasteiger partial charge in [0.2, 0.25) is 0 Å². The molecule has 3 heteroatoms. The lowest BCUT2D eigenvalue weighted by Crippen LogP contribution is -2.40. The van der Waals surface area contributed by atoms with E-state index in [2.05, 4.69) is 50.3 Å². The van der Waals surface area contributed by atoms with Crippen molar-refractivity contribution in [3.63, 3.8) is 0 Å². The van der Waals surface area contributed by atoms with E-state index >= 15 is 0 Å². The minimum atomic E-state index is -0.196. The summed E-state index contributed by atoms with van der Waals surface area (Å²) in [4.78, 5) is 14.7. The van der Waals surface area contributed by atoms with Gasteiger partial charge in [-0.15, -0.1) is 0 Å². The number of ether oxygens (including phenoxy) is 1. The van der Waals surface area contributed by atoms with E-state index in [0.29, 0.717) is 6.61 Å². The topological polar surface area (TPSA) is 29.5 Å². The van der Waals surface area contributed by atoms with Crippen molar-refractivity contribution >= 4 is 6.09 Å². The second-order valence-electron chi connectivity index (χ2n) is 7.46. The van der Waals surface area contributed by atoms with Crippen molar-refractivity contribution < 1.29 is 9.53 Å². The molecule has 1 aromatic rings. The molecule has 142 valence electrons. The smallest absolute Gasteiger partial charge is 0.410 e. The molecule has 3 nitrogen and oxygen atoms in total. The summed E-state index contributed by atoms with van der Waals surface area (Å²) in [5.41, 5.74) is 3.53. The number of allylic oxidation sites excluding steroid dienone is 7. The van der Waals surface area contributed by atoms with Gasteiger partial charge in [-0.1, -0.05) is 72.4 Å². The standard InChI is InChI=1S/C24H29NO2/c1-19(16-21-10-6-3-4-7-11-21)17-23-15-14-20(2)25(23)24(26)27-18-22-12-8-5-9-13-22/h3,5-13,16,20,23H,4,14-15,17-18H2,1-2H3/b19-16+. The van der Waals surface area contributed by atoms with E-state index in [1.165, 1.54) is 11.1 Å². The number of carbonyl (C=O) groups is 1. The van der Waals surface area contributed by atoms with Crippen molar-refractivity contribution in [3.05, 3.63) is 83.5 Å². The predicted molar refractivity (Wildman–Crippen MR) is 110 cm³/mol. The van der Waals surface area contributed by atoms with E-state index in [1.54, 1.807) is 0 Å². The van der Waals surface area contributed by atoms with Crippen LogP contribution in [0.3, 0.4) is 0 Å². The van der Waals surface area contributed by atoms with Gasteiger partial charge < -0.3 is 9.64 Å². The lowest BCUT2D eigenvalue weighted by molar-refractivity contribution is 0.0807. The molecule has 27 heavy (non-hydrogen) atoms. The summed E-state index contributed by atoms with van der Waals surface area (Å²) in [6.07, 6.45) is 16.7. The van der Waals surface area contributed by atoms with E-state index in [4.69, 9.17) is 4.74 Å². The van der Waals surface area contributed by atoms with Crippen LogP contribution in [0.5, 0.6) is 0 Å².